The fraction of sp³-hybridized carbons (Fsp3) is 0.269. The number of ether oxygens (including phenoxy) is 2. The van der Waals surface area contributed by atoms with Crippen LogP contribution in [0.5, 0.6) is 11.5 Å². The molecular formula is C26H29N2O3+. The zero-order valence-electron chi connectivity index (χ0n) is 18.1. The third kappa shape index (κ3) is 4.72. The Kier molecular flexibility index (Phi) is 6.53. The fourth-order valence-electron chi connectivity index (χ4n) is 4.18. The number of hydrogen-bond acceptors (Lipinski definition) is 3. The van der Waals surface area contributed by atoms with Crippen LogP contribution in [-0.2, 0) is 6.54 Å². The third-order valence-electron chi connectivity index (χ3n) is 5.92. The summed E-state index contributed by atoms with van der Waals surface area (Å²) in [6.45, 7) is 4.18. The molecule has 5 heteroatoms. The van der Waals surface area contributed by atoms with Gasteiger partial charge in [0.15, 0.2) is 11.5 Å². The van der Waals surface area contributed by atoms with Gasteiger partial charge in [-0.05, 0) is 35.4 Å². The van der Waals surface area contributed by atoms with E-state index >= 15 is 0 Å². The van der Waals surface area contributed by atoms with Gasteiger partial charge in [-0.25, -0.2) is 0 Å². The number of methoxy groups -OCH3 is 2. The lowest BCUT2D eigenvalue weighted by molar-refractivity contribution is -0.917. The molecule has 3 aromatic rings. The van der Waals surface area contributed by atoms with E-state index in [9.17, 15) is 4.79 Å². The molecule has 1 amide bonds. The van der Waals surface area contributed by atoms with E-state index in [1.54, 1.807) is 14.2 Å². The quantitative estimate of drug-likeness (QED) is 0.671. The molecule has 0 atom stereocenters. The van der Waals surface area contributed by atoms with Crippen molar-refractivity contribution in [2.45, 2.75) is 6.54 Å². The average molecular weight is 418 g/mol. The van der Waals surface area contributed by atoms with E-state index in [2.05, 4.69) is 18.2 Å². The van der Waals surface area contributed by atoms with E-state index in [4.69, 9.17) is 9.47 Å². The molecule has 0 aromatic heterocycles. The van der Waals surface area contributed by atoms with Crippen molar-refractivity contribution >= 4 is 5.91 Å². The first kappa shape index (κ1) is 20.9. The fourth-order valence-corrected chi connectivity index (χ4v) is 4.18. The molecule has 0 bridgehead atoms. The van der Waals surface area contributed by atoms with Gasteiger partial charge in [-0.2, -0.15) is 0 Å². The van der Waals surface area contributed by atoms with Crippen LogP contribution in [0.1, 0.15) is 15.9 Å². The first-order valence-electron chi connectivity index (χ1n) is 10.7. The van der Waals surface area contributed by atoms with Crippen molar-refractivity contribution in [1.82, 2.24) is 4.90 Å². The predicted molar refractivity (Wildman–Crippen MR) is 122 cm³/mol. The van der Waals surface area contributed by atoms with Gasteiger partial charge in [0, 0.05) is 5.56 Å². The van der Waals surface area contributed by atoms with Gasteiger partial charge >= 0.3 is 0 Å². The molecule has 1 N–H and O–H groups in total. The molecule has 0 radical (unpaired) electrons. The summed E-state index contributed by atoms with van der Waals surface area (Å²) in [5.41, 5.74) is 4.16. The predicted octanol–water partition coefficient (Wildman–Crippen LogP) is 2.91. The van der Waals surface area contributed by atoms with Crippen molar-refractivity contribution in [2.24, 2.45) is 0 Å². The van der Waals surface area contributed by atoms with Crippen LogP contribution in [0.3, 0.4) is 0 Å². The lowest BCUT2D eigenvalue weighted by Gasteiger charge is -2.32. The Morgan fingerprint density at radius 2 is 1.52 bits per heavy atom. The second-order valence-corrected chi connectivity index (χ2v) is 7.81. The minimum atomic E-state index is 0.109. The van der Waals surface area contributed by atoms with Crippen molar-refractivity contribution in [2.75, 3.05) is 40.4 Å². The van der Waals surface area contributed by atoms with Crippen molar-refractivity contribution in [3.8, 4) is 22.6 Å². The molecule has 0 aliphatic carbocycles. The van der Waals surface area contributed by atoms with Gasteiger partial charge in [0.2, 0.25) is 0 Å². The number of nitrogens with zero attached hydrogens (tertiary/aromatic N) is 1. The maximum absolute atomic E-state index is 13.0. The van der Waals surface area contributed by atoms with Crippen molar-refractivity contribution in [1.29, 1.82) is 0 Å². The van der Waals surface area contributed by atoms with Gasteiger partial charge in [0.05, 0.1) is 46.0 Å². The second kappa shape index (κ2) is 9.67. The van der Waals surface area contributed by atoms with Crippen LogP contribution in [0, 0.1) is 0 Å². The number of para-hydroxylation sites is 1. The summed E-state index contributed by atoms with van der Waals surface area (Å²) >= 11 is 0. The number of rotatable bonds is 6. The van der Waals surface area contributed by atoms with E-state index in [1.165, 1.54) is 4.90 Å². The Morgan fingerprint density at radius 3 is 2.16 bits per heavy atom. The van der Waals surface area contributed by atoms with Crippen LogP contribution in [-0.4, -0.2) is 51.2 Å². The molecule has 0 unspecified atom stereocenters. The average Bonchev–Trinajstić information content (AvgIpc) is 2.84. The van der Waals surface area contributed by atoms with Gasteiger partial charge < -0.3 is 19.3 Å². The summed E-state index contributed by atoms with van der Waals surface area (Å²) in [6.07, 6.45) is 0. The van der Waals surface area contributed by atoms with E-state index < -0.39 is 0 Å². The topological polar surface area (TPSA) is 43.2 Å². The summed E-state index contributed by atoms with van der Waals surface area (Å²) in [4.78, 5) is 16.4. The second-order valence-electron chi connectivity index (χ2n) is 7.81. The Bertz CT molecular complexity index is 1010. The largest absolute Gasteiger partial charge is 0.493 e. The molecular weight excluding hydrogens is 388 g/mol. The number of carbonyl (C=O) groups excluding carboxylic acids is 1. The molecule has 1 saturated heterocycles. The van der Waals surface area contributed by atoms with Crippen LogP contribution in [0.25, 0.3) is 11.1 Å². The van der Waals surface area contributed by atoms with E-state index in [-0.39, 0.29) is 5.91 Å². The molecule has 5 nitrogen and oxygen atoms in total. The highest BCUT2D eigenvalue weighted by atomic mass is 16.5. The molecule has 1 aliphatic heterocycles. The van der Waals surface area contributed by atoms with Crippen LogP contribution in [0.2, 0.25) is 0 Å². The molecule has 1 fully saturated rings. The van der Waals surface area contributed by atoms with Crippen LogP contribution in [0.4, 0.5) is 0 Å². The van der Waals surface area contributed by atoms with Gasteiger partial charge in [-0.3, -0.25) is 4.79 Å². The molecule has 0 saturated carbocycles. The number of nitrogens with one attached hydrogen (secondary N) is 1. The Balaban J connectivity index is 1.36. The maximum atomic E-state index is 13.0. The highest BCUT2D eigenvalue weighted by molar-refractivity contribution is 5.94. The first-order chi connectivity index (χ1) is 15.2. The minimum Gasteiger partial charge on any atom is -0.493 e. The monoisotopic (exact) mass is 417 g/mol. The van der Waals surface area contributed by atoms with Crippen molar-refractivity contribution in [3.05, 3.63) is 83.9 Å². The normalized spacial score (nSPS) is 14.3. The SMILES string of the molecule is COc1cccc(C[NH+]2CCN(C(=O)c3ccc(-c4ccccc4)cc3)CC2)c1OC. The Morgan fingerprint density at radius 1 is 0.839 bits per heavy atom. The number of quaternary nitrogens is 1. The number of hydrogen-bond donors (Lipinski definition) is 1. The van der Waals surface area contributed by atoms with Crippen molar-refractivity contribution < 1.29 is 19.2 Å². The minimum absolute atomic E-state index is 0.109. The van der Waals surface area contributed by atoms with E-state index in [1.807, 2.05) is 59.5 Å². The highest BCUT2D eigenvalue weighted by Crippen LogP contribution is 2.30. The number of benzene rings is 3. The maximum Gasteiger partial charge on any atom is 0.254 e. The van der Waals surface area contributed by atoms with Crippen LogP contribution >= 0.6 is 0 Å². The zero-order chi connectivity index (χ0) is 21.6. The van der Waals surface area contributed by atoms with Gasteiger partial charge in [-0.15, -0.1) is 0 Å². The first-order valence-corrected chi connectivity index (χ1v) is 10.7. The number of carbonyl (C=O) groups is 1. The molecule has 160 valence electrons. The van der Waals surface area contributed by atoms with Gasteiger partial charge in [-0.1, -0.05) is 48.5 Å². The standard InChI is InChI=1S/C26H28N2O3/c1-30-24-10-6-9-23(25(24)31-2)19-27-15-17-28(18-16-27)26(29)22-13-11-21(12-14-22)20-7-4-3-5-8-20/h3-14H,15-19H2,1-2H3/p+1. The van der Waals surface area contributed by atoms with Crippen LogP contribution < -0.4 is 14.4 Å². The summed E-state index contributed by atoms with van der Waals surface area (Å²) in [5, 5.41) is 0. The van der Waals surface area contributed by atoms with E-state index in [0.717, 1.165) is 66.5 Å². The smallest absolute Gasteiger partial charge is 0.254 e. The summed E-state index contributed by atoms with van der Waals surface area (Å²) in [5.74, 6) is 1.67. The summed E-state index contributed by atoms with van der Waals surface area (Å²) in [7, 11) is 3.33. The number of piperazine rings is 1. The van der Waals surface area contributed by atoms with Crippen LogP contribution in [0.15, 0.2) is 72.8 Å². The van der Waals surface area contributed by atoms with E-state index in [0.29, 0.717) is 0 Å². The molecule has 3 aromatic carbocycles. The Labute approximate surface area is 183 Å². The molecule has 4 rings (SSSR count). The lowest BCUT2D eigenvalue weighted by atomic mass is 10.0. The lowest BCUT2D eigenvalue weighted by Crippen LogP contribution is -3.13. The Hall–Kier alpha value is -3.31. The highest BCUT2D eigenvalue weighted by Gasteiger charge is 2.25. The third-order valence-corrected chi connectivity index (χ3v) is 5.92. The molecule has 0 spiro atoms. The molecule has 1 heterocycles. The molecule has 1 aliphatic rings. The zero-order valence-corrected chi connectivity index (χ0v) is 18.1. The molecule has 31 heavy (non-hydrogen) atoms. The van der Waals surface area contributed by atoms with Crippen molar-refractivity contribution in [3.63, 3.8) is 0 Å². The van der Waals surface area contributed by atoms with Gasteiger partial charge in [0.1, 0.15) is 6.54 Å². The number of amides is 1. The van der Waals surface area contributed by atoms with Gasteiger partial charge in [0.25, 0.3) is 5.91 Å². The summed E-state index contributed by atoms with van der Waals surface area (Å²) < 4.78 is 11.0. The summed E-state index contributed by atoms with van der Waals surface area (Å²) in [6, 6.07) is 24.1.